The van der Waals surface area contributed by atoms with E-state index in [2.05, 4.69) is 20.8 Å². The average molecular weight is 616 g/mol. The molecule has 0 N–H and O–H groups in total. The van der Waals surface area contributed by atoms with Crippen LogP contribution in [0, 0.1) is 5.92 Å². The molecule has 5 rings (SSSR count). The molecule has 4 aromatic rings. The maximum Gasteiger partial charge on any atom is 0.265 e. The number of likely N-dealkylation sites (tertiary alicyclic amines) is 1. The summed E-state index contributed by atoms with van der Waals surface area (Å²) in [6, 6.07) is 13.8. The number of aromatic nitrogens is 2. The summed E-state index contributed by atoms with van der Waals surface area (Å²) in [4.78, 5) is 35.7. The fourth-order valence-electron chi connectivity index (χ4n) is 5.97. The largest absolute Gasteiger partial charge is 0.338 e. The van der Waals surface area contributed by atoms with E-state index >= 15 is 0 Å². The molecule has 5 nitrogen and oxygen atoms in total. The highest BCUT2D eigenvalue weighted by Gasteiger charge is 2.29. The number of allylic oxidation sites excluding steroid dienone is 1. The molecule has 8 heteroatoms. The molecule has 3 heterocycles. The molecule has 1 aliphatic rings. The normalized spacial score (nSPS) is 15.1. The zero-order chi connectivity index (χ0) is 31.5. The first-order valence-electron chi connectivity index (χ1n) is 15.3. The number of amides is 1. The number of piperidine rings is 1. The quantitative estimate of drug-likeness (QED) is 0.199. The monoisotopic (exact) mass is 615 g/mol. The molecule has 0 spiro atoms. The lowest BCUT2D eigenvalue weighted by Gasteiger charge is -2.32. The van der Waals surface area contributed by atoms with Crippen LogP contribution in [0.15, 0.2) is 64.3 Å². The molecule has 1 atom stereocenters. The topological polar surface area (TPSA) is 55.2 Å². The third-order valence-corrected chi connectivity index (χ3v) is 9.10. The lowest BCUT2D eigenvalue weighted by molar-refractivity contribution is 0.0682. The number of halogens is 2. The average Bonchev–Trinajstić information content (AvgIpc) is 3.50. The number of pyridine rings is 1. The number of alkyl halides is 2. The summed E-state index contributed by atoms with van der Waals surface area (Å²) < 4.78 is 28.0. The summed E-state index contributed by atoms with van der Waals surface area (Å²) in [6.45, 7) is 11.6. The standard InChI is InChI=1S/C36H39F2N3O2S/c1-6-24-11-8-12-25(7-2)32(24)41-31(18-22(3)4)28(35(42)40-17-9-10-23(5)20-40)19-29(36(41)43)34-39-30(21-44-34)26-13-15-27(16-14-26)33(37)38/h8,11-16,18-19,21,23,33H,6-7,9-10,17,20H2,1-5H3/t23-/m0/s1. The fourth-order valence-corrected chi connectivity index (χ4v) is 6.80. The van der Waals surface area contributed by atoms with Crippen LogP contribution in [0.2, 0.25) is 0 Å². The molecule has 0 unspecified atom stereocenters. The first kappa shape index (κ1) is 31.5. The Hall–Kier alpha value is -3.91. The number of carbonyl (C=O) groups is 1. The van der Waals surface area contributed by atoms with Crippen molar-refractivity contribution in [2.45, 2.75) is 66.7 Å². The lowest BCUT2D eigenvalue weighted by Crippen LogP contribution is -2.40. The number of aryl methyl sites for hydroxylation is 2. The van der Waals surface area contributed by atoms with Crippen molar-refractivity contribution in [3.05, 3.63) is 97.8 Å². The summed E-state index contributed by atoms with van der Waals surface area (Å²) >= 11 is 1.31. The van der Waals surface area contributed by atoms with Gasteiger partial charge >= 0.3 is 0 Å². The molecule has 44 heavy (non-hydrogen) atoms. The minimum absolute atomic E-state index is 0.0570. The van der Waals surface area contributed by atoms with Gasteiger partial charge in [-0.25, -0.2) is 13.8 Å². The molecule has 2 aromatic carbocycles. The highest BCUT2D eigenvalue weighted by atomic mass is 32.1. The van der Waals surface area contributed by atoms with E-state index in [0.29, 0.717) is 52.1 Å². The van der Waals surface area contributed by atoms with Crippen LogP contribution in [0.25, 0.3) is 33.6 Å². The molecule has 2 aromatic heterocycles. The smallest absolute Gasteiger partial charge is 0.265 e. The molecular formula is C36H39F2N3O2S. The van der Waals surface area contributed by atoms with Crippen LogP contribution in [-0.4, -0.2) is 33.4 Å². The van der Waals surface area contributed by atoms with Crippen LogP contribution in [0.1, 0.15) is 86.6 Å². The van der Waals surface area contributed by atoms with Crippen LogP contribution in [0.4, 0.5) is 8.78 Å². The highest BCUT2D eigenvalue weighted by Crippen LogP contribution is 2.33. The predicted molar refractivity (Wildman–Crippen MR) is 176 cm³/mol. The van der Waals surface area contributed by atoms with Crippen molar-refractivity contribution in [1.29, 1.82) is 0 Å². The van der Waals surface area contributed by atoms with Crippen molar-refractivity contribution < 1.29 is 13.6 Å². The second-order valence-corrected chi connectivity index (χ2v) is 12.7. The Morgan fingerprint density at radius 2 is 1.77 bits per heavy atom. The minimum Gasteiger partial charge on any atom is -0.338 e. The van der Waals surface area contributed by atoms with Crippen LogP contribution in [0.5, 0.6) is 0 Å². The van der Waals surface area contributed by atoms with Gasteiger partial charge in [-0.05, 0) is 68.7 Å². The zero-order valence-corrected chi connectivity index (χ0v) is 26.8. The van der Waals surface area contributed by atoms with Crippen LogP contribution < -0.4 is 5.56 Å². The van der Waals surface area contributed by atoms with E-state index in [1.807, 2.05) is 48.4 Å². The summed E-state index contributed by atoms with van der Waals surface area (Å²) in [5.41, 5.74) is 6.21. The Bertz CT molecular complexity index is 1730. The number of thiazole rings is 1. The van der Waals surface area contributed by atoms with E-state index in [0.717, 1.165) is 48.1 Å². The minimum atomic E-state index is -2.55. The maximum absolute atomic E-state index is 14.7. The van der Waals surface area contributed by atoms with E-state index in [4.69, 9.17) is 4.98 Å². The van der Waals surface area contributed by atoms with Gasteiger partial charge in [0, 0.05) is 29.6 Å². The Morgan fingerprint density at radius 1 is 1.09 bits per heavy atom. The molecular weight excluding hydrogens is 576 g/mol. The summed E-state index contributed by atoms with van der Waals surface area (Å²) in [5.74, 6) is 0.306. The van der Waals surface area contributed by atoms with Crippen molar-refractivity contribution in [3.63, 3.8) is 0 Å². The molecule has 0 radical (unpaired) electrons. The SMILES string of the molecule is CCc1cccc(CC)c1-n1c(C=C(C)C)c(C(=O)N2CCC[C@H](C)C2)cc(-c2nc(-c3ccc(C(F)F)cc3)cs2)c1=O. The molecule has 1 amide bonds. The Labute approximate surface area is 261 Å². The maximum atomic E-state index is 14.7. The van der Waals surface area contributed by atoms with Gasteiger partial charge in [0.05, 0.1) is 28.2 Å². The van der Waals surface area contributed by atoms with Gasteiger partial charge < -0.3 is 4.90 Å². The van der Waals surface area contributed by atoms with Gasteiger partial charge in [0.2, 0.25) is 0 Å². The number of para-hydroxylation sites is 1. The fraction of sp³-hybridized carbons (Fsp3) is 0.361. The van der Waals surface area contributed by atoms with Gasteiger partial charge in [-0.3, -0.25) is 14.2 Å². The lowest BCUT2D eigenvalue weighted by atomic mass is 9.97. The van der Waals surface area contributed by atoms with E-state index in [-0.39, 0.29) is 17.0 Å². The van der Waals surface area contributed by atoms with Gasteiger partial charge in [-0.2, -0.15) is 0 Å². The van der Waals surface area contributed by atoms with E-state index in [1.54, 1.807) is 22.8 Å². The second kappa shape index (κ2) is 13.4. The van der Waals surface area contributed by atoms with Crippen LogP contribution in [0.3, 0.4) is 0 Å². The predicted octanol–water partition coefficient (Wildman–Crippen LogP) is 8.99. The number of rotatable bonds is 8. The summed E-state index contributed by atoms with van der Waals surface area (Å²) in [5, 5.41) is 2.31. The van der Waals surface area contributed by atoms with Gasteiger partial charge in [0.25, 0.3) is 17.9 Å². The molecule has 1 saturated heterocycles. The van der Waals surface area contributed by atoms with Crippen LogP contribution in [-0.2, 0) is 12.8 Å². The number of nitrogens with zero attached hydrogens (tertiary/aromatic N) is 3. The molecule has 0 aliphatic carbocycles. The van der Waals surface area contributed by atoms with Crippen molar-refractivity contribution in [1.82, 2.24) is 14.5 Å². The molecule has 1 fully saturated rings. The summed E-state index contributed by atoms with van der Waals surface area (Å²) in [6.07, 6.45) is 2.85. The van der Waals surface area contributed by atoms with E-state index in [1.165, 1.54) is 23.5 Å². The Kier molecular flexibility index (Phi) is 9.59. The Morgan fingerprint density at radius 3 is 2.36 bits per heavy atom. The van der Waals surface area contributed by atoms with Crippen molar-refractivity contribution in [3.8, 4) is 27.5 Å². The first-order chi connectivity index (χ1) is 21.1. The number of carbonyl (C=O) groups excluding carboxylic acids is 1. The third kappa shape index (κ3) is 6.32. The molecule has 0 bridgehead atoms. The van der Waals surface area contributed by atoms with Gasteiger partial charge in [-0.1, -0.05) is 68.8 Å². The summed E-state index contributed by atoms with van der Waals surface area (Å²) in [7, 11) is 0. The number of hydrogen-bond donors (Lipinski definition) is 0. The molecule has 230 valence electrons. The Balaban J connectivity index is 1.78. The zero-order valence-electron chi connectivity index (χ0n) is 26.0. The second-order valence-electron chi connectivity index (χ2n) is 11.8. The number of benzene rings is 2. The molecule has 1 aliphatic heterocycles. The highest BCUT2D eigenvalue weighted by molar-refractivity contribution is 7.13. The third-order valence-electron chi connectivity index (χ3n) is 8.22. The van der Waals surface area contributed by atoms with Gasteiger partial charge in [0.15, 0.2) is 0 Å². The first-order valence-corrected chi connectivity index (χ1v) is 16.2. The number of hydrogen-bond acceptors (Lipinski definition) is 4. The van der Waals surface area contributed by atoms with E-state index < -0.39 is 6.43 Å². The van der Waals surface area contributed by atoms with Crippen molar-refractivity contribution in [2.75, 3.05) is 13.1 Å². The van der Waals surface area contributed by atoms with Crippen molar-refractivity contribution in [2.24, 2.45) is 5.92 Å². The van der Waals surface area contributed by atoms with Gasteiger partial charge in [-0.15, -0.1) is 11.3 Å². The van der Waals surface area contributed by atoms with Gasteiger partial charge in [0.1, 0.15) is 5.01 Å². The van der Waals surface area contributed by atoms with Crippen molar-refractivity contribution >= 4 is 23.3 Å². The van der Waals surface area contributed by atoms with Crippen LogP contribution >= 0.6 is 11.3 Å². The molecule has 0 saturated carbocycles. The van der Waals surface area contributed by atoms with E-state index in [9.17, 15) is 18.4 Å².